The van der Waals surface area contributed by atoms with Crippen molar-refractivity contribution in [1.29, 1.82) is 0 Å². The number of fused-ring (bicyclic) bond motifs is 2. The highest BCUT2D eigenvalue weighted by Crippen LogP contribution is 2.36. The second kappa shape index (κ2) is 9.33. The number of piperidine rings is 1. The molecule has 2 fully saturated rings. The van der Waals surface area contributed by atoms with Crippen LogP contribution in [0.25, 0.3) is 0 Å². The zero-order valence-electron chi connectivity index (χ0n) is 18.5. The highest BCUT2D eigenvalue weighted by atomic mass is 16.6. The summed E-state index contributed by atoms with van der Waals surface area (Å²) in [5.74, 6) is 0.748. The Labute approximate surface area is 170 Å². The van der Waals surface area contributed by atoms with Crippen molar-refractivity contribution in [2.75, 3.05) is 13.1 Å². The third-order valence-corrected chi connectivity index (χ3v) is 5.87. The van der Waals surface area contributed by atoms with E-state index in [2.05, 4.69) is 15.6 Å². The van der Waals surface area contributed by atoms with Crippen LogP contribution in [0.3, 0.4) is 0 Å². The van der Waals surface area contributed by atoms with Crippen LogP contribution in [0, 0.1) is 0 Å². The number of amides is 1. The molecule has 2 aliphatic heterocycles. The molecule has 0 aromatic heterocycles. The van der Waals surface area contributed by atoms with Crippen molar-refractivity contribution in [2.45, 2.75) is 109 Å². The first kappa shape index (κ1) is 22.8. The monoisotopic (exact) mass is 396 g/mol. The molecule has 0 spiro atoms. The van der Waals surface area contributed by atoms with Crippen molar-refractivity contribution in [2.24, 2.45) is 4.99 Å². The number of hydrogen-bond acceptors (Lipinski definition) is 4. The number of rotatable bonds is 6. The first-order valence-corrected chi connectivity index (χ1v) is 10.9. The minimum Gasteiger partial charge on any atom is -0.444 e. The molecule has 2 heterocycles. The van der Waals surface area contributed by atoms with Gasteiger partial charge in [0.15, 0.2) is 5.96 Å². The molecule has 1 amide bonds. The zero-order valence-corrected chi connectivity index (χ0v) is 18.5. The molecule has 2 aliphatic rings. The normalized spacial score (nSPS) is 25.6. The third-order valence-electron chi connectivity index (χ3n) is 5.87. The first-order chi connectivity index (χ1) is 13.1. The number of nitrogens with one attached hydrogen (secondary N) is 2. The summed E-state index contributed by atoms with van der Waals surface area (Å²) < 4.78 is 5.62. The van der Waals surface area contributed by atoms with E-state index in [0.29, 0.717) is 19.4 Å². The smallest absolute Gasteiger partial charge is 0.410 e. The van der Waals surface area contributed by atoms with Crippen molar-refractivity contribution < 1.29 is 14.6 Å². The predicted molar refractivity (Wildman–Crippen MR) is 113 cm³/mol. The summed E-state index contributed by atoms with van der Waals surface area (Å²) in [6.45, 7) is 12.9. The number of hydrogen-bond donors (Lipinski definition) is 3. The number of nitrogens with zero attached hydrogens (tertiary/aromatic N) is 2. The van der Waals surface area contributed by atoms with Crippen molar-refractivity contribution in [1.82, 2.24) is 15.5 Å². The fourth-order valence-corrected chi connectivity index (χ4v) is 4.12. The molecule has 2 atom stereocenters. The molecular weight excluding hydrogens is 356 g/mol. The second-order valence-corrected chi connectivity index (χ2v) is 9.21. The highest BCUT2D eigenvalue weighted by molar-refractivity contribution is 5.80. The van der Waals surface area contributed by atoms with Crippen LogP contribution in [0.4, 0.5) is 4.79 Å². The van der Waals surface area contributed by atoms with Gasteiger partial charge in [0.05, 0.1) is 12.1 Å². The molecule has 2 rings (SSSR count). The van der Waals surface area contributed by atoms with Crippen LogP contribution in [0.2, 0.25) is 0 Å². The van der Waals surface area contributed by atoms with Gasteiger partial charge < -0.3 is 25.4 Å². The lowest BCUT2D eigenvalue weighted by Crippen LogP contribution is -2.55. The summed E-state index contributed by atoms with van der Waals surface area (Å²) in [7, 11) is 0. The van der Waals surface area contributed by atoms with Gasteiger partial charge in [-0.3, -0.25) is 4.99 Å². The minimum absolute atomic E-state index is 0.185. The van der Waals surface area contributed by atoms with Gasteiger partial charge >= 0.3 is 6.09 Å². The second-order valence-electron chi connectivity index (χ2n) is 9.21. The Hall–Kier alpha value is -1.50. The van der Waals surface area contributed by atoms with E-state index in [0.717, 1.165) is 38.2 Å². The molecule has 0 saturated carbocycles. The standard InChI is InChI=1S/C21H40N4O3/c1-7-21(27,8-2)14-23-18(22-9-3)24-15-12-16-10-11-17(13-15)25(16)19(26)28-20(4,5)6/h15-17,27H,7-14H2,1-6H3,(H2,22,23,24). The van der Waals surface area contributed by atoms with Crippen LogP contribution >= 0.6 is 0 Å². The molecule has 0 aromatic rings. The lowest BCUT2D eigenvalue weighted by atomic mass is 9.97. The molecule has 7 heteroatoms. The summed E-state index contributed by atoms with van der Waals surface area (Å²) in [4.78, 5) is 19.2. The number of aliphatic imine (C=N–C) groups is 1. The van der Waals surface area contributed by atoms with Gasteiger partial charge in [0, 0.05) is 24.7 Å². The molecule has 2 unspecified atom stereocenters. The zero-order chi connectivity index (χ0) is 20.9. The van der Waals surface area contributed by atoms with Gasteiger partial charge in [0.1, 0.15) is 5.60 Å². The maximum absolute atomic E-state index is 12.6. The number of carbonyl (C=O) groups is 1. The molecule has 0 radical (unpaired) electrons. The van der Waals surface area contributed by atoms with Crippen LogP contribution in [0.15, 0.2) is 4.99 Å². The maximum Gasteiger partial charge on any atom is 0.410 e. The Morgan fingerprint density at radius 3 is 2.18 bits per heavy atom. The fraction of sp³-hybridized carbons (Fsp3) is 0.905. The number of ether oxygens (including phenoxy) is 1. The van der Waals surface area contributed by atoms with E-state index in [1.165, 1.54) is 0 Å². The van der Waals surface area contributed by atoms with E-state index in [1.54, 1.807) is 0 Å². The fourth-order valence-electron chi connectivity index (χ4n) is 4.12. The third kappa shape index (κ3) is 6.00. The van der Waals surface area contributed by atoms with E-state index < -0.39 is 11.2 Å². The Bertz CT molecular complexity index is 540. The Balaban J connectivity index is 1.99. The van der Waals surface area contributed by atoms with Gasteiger partial charge in [-0.25, -0.2) is 4.79 Å². The lowest BCUT2D eigenvalue weighted by Gasteiger charge is -2.40. The van der Waals surface area contributed by atoms with Crippen LogP contribution in [-0.4, -0.2) is 64.5 Å². The van der Waals surface area contributed by atoms with E-state index in [4.69, 9.17) is 4.74 Å². The molecule has 7 nitrogen and oxygen atoms in total. The molecule has 0 aromatic carbocycles. The minimum atomic E-state index is -0.749. The number of guanidine groups is 1. The van der Waals surface area contributed by atoms with Crippen molar-refractivity contribution >= 4 is 12.1 Å². The van der Waals surface area contributed by atoms with Gasteiger partial charge in [-0.1, -0.05) is 13.8 Å². The summed E-state index contributed by atoms with van der Waals surface area (Å²) in [5, 5.41) is 17.3. The van der Waals surface area contributed by atoms with Gasteiger partial charge in [0.25, 0.3) is 0 Å². The lowest BCUT2D eigenvalue weighted by molar-refractivity contribution is 0.00539. The van der Waals surface area contributed by atoms with Crippen molar-refractivity contribution in [3.8, 4) is 0 Å². The van der Waals surface area contributed by atoms with Gasteiger partial charge in [0.2, 0.25) is 0 Å². The molecule has 162 valence electrons. The van der Waals surface area contributed by atoms with Crippen LogP contribution in [0.1, 0.15) is 80.1 Å². The molecule has 3 N–H and O–H groups in total. The number of carbonyl (C=O) groups excluding carboxylic acids is 1. The molecule has 28 heavy (non-hydrogen) atoms. The molecule has 2 bridgehead atoms. The van der Waals surface area contributed by atoms with Crippen molar-refractivity contribution in [3.05, 3.63) is 0 Å². The maximum atomic E-state index is 12.6. The van der Waals surface area contributed by atoms with Crippen LogP contribution in [-0.2, 0) is 4.74 Å². The molecule has 2 saturated heterocycles. The average molecular weight is 397 g/mol. The topological polar surface area (TPSA) is 86.2 Å². The Morgan fingerprint density at radius 1 is 1.14 bits per heavy atom. The van der Waals surface area contributed by atoms with E-state index in [9.17, 15) is 9.90 Å². The van der Waals surface area contributed by atoms with E-state index >= 15 is 0 Å². The quantitative estimate of drug-likeness (QED) is 0.475. The molecule has 0 aliphatic carbocycles. The predicted octanol–water partition coefficient (Wildman–Crippen LogP) is 3.02. The Morgan fingerprint density at radius 2 is 1.71 bits per heavy atom. The SMILES string of the molecule is CCNC(=NCC(O)(CC)CC)NC1CC2CCC(C1)N2C(=O)OC(C)(C)C. The number of aliphatic hydroxyl groups is 1. The largest absolute Gasteiger partial charge is 0.444 e. The van der Waals surface area contributed by atoms with Crippen molar-refractivity contribution in [3.63, 3.8) is 0 Å². The van der Waals surface area contributed by atoms with E-state index in [-0.39, 0.29) is 24.2 Å². The van der Waals surface area contributed by atoms with Crippen LogP contribution < -0.4 is 10.6 Å². The summed E-state index contributed by atoms with van der Waals surface area (Å²) in [5.41, 5.74) is -1.21. The summed E-state index contributed by atoms with van der Waals surface area (Å²) in [6.07, 6.45) is 5.03. The van der Waals surface area contributed by atoms with Gasteiger partial charge in [-0.15, -0.1) is 0 Å². The average Bonchev–Trinajstić information content (AvgIpc) is 2.89. The van der Waals surface area contributed by atoms with Crippen LogP contribution in [0.5, 0.6) is 0 Å². The summed E-state index contributed by atoms with van der Waals surface area (Å²) in [6, 6.07) is 0.708. The summed E-state index contributed by atoms with van der Waals surface area (Å²) >= 11 is 0. The first-order valence-electron chi connectivity index (χ1n) is 10.9. The Kier molecular flexibility index (Phi) is 7.59. The van der Waals surface area contributed by atoms with Gasteiger partial charge in [-0.2, -0.15) is 0 Å². The highest BCUT2D eigenvalue weighted by Gasteiger charge is 2.45. The van der Waals surface area contributed by atoms with Gasteiger partial charge in [-0.05, 0) is 66.2 Å². The van der Waals surface area contributed by atoms with E-state index in [1.807, 2.05) is 46.4 Å². The molecular formula is C21H40N4O3.